The molecule has 0 amide bonds. The number of hydrogen-bond acceptors (Lipinski definition) is 2. The van der Waals surface area contributed by atoms with Gasteiger partial charge in [-0.1, -0.05) is 65.5 Å². The van der Waals surface area contributed by atoms with Crippen molar-refractivity contribution in [2.45, 2.75) is 38.5 Å². The van der Waals surface area contributed by atoms with E-state index in [0.29, 0.717) is 11.5 Å². The van der Waals surface area contributed by atoms with E-state index in [4.69, 9.17) is 10.3 Å². The minimum atomic E-state index is 0.641. The third-order valence-electron chi connectivity index (χ3n) is 6.59. The van der Waals surface area contributed by atoms with Gasteiger partial charge in [-0.25, -0.2) is 0 Å². The normalized spacial score (nSPS) is 16.8. The Kier molecular flexibility index (Phi) is 5.74. The molecule has 0 spiro atoms. The second-order valence-corrected chi connectivity index (χ2v) is 9.51. The minimum Gasteiger partial charge on any atom is -0.288 e. The largest absolute Gasteiger partial charge is 0.288 e. The summed E-state index contributed by atoms with van der Waals surface area (Å²) < 4.78 is 1.01. The van der Waals surface area contributed by atoms with Gasteiger partial charge >= 0.3 is 0 Å². The van der Waals surface area contributed by atoms with E-state index in [9.17, 15) is 0 Å². The van der Waals surface area contributed by atoms with Crippen LogP contribution in [0.15, 0.2) is 58.0 Å². The number of fused-ring (bicyclic) bond motifs is 2. The van der Waals surface area contributed by atoms with Crippen LogP contribution in [0.2, 0.25) is 0 Å². The standard InChI is InChI=1S/C28H25BrN2/c29-27-17-20(14-24-11-9-21(18-30)16-25(24)27)7-6-19-8-10-22-12-13-31-28(26(22)15-19)23-4-2-1-3-5-23/h6-11,14-17,23H,1-5,12-13H2. The second-order valence-electron chi connectivity index (χ2n) is 8.65. The molecule has 2 nitrogen and oxygen atoms in total. The number of hydrogen-bond donors (Lipinski definition) is 0. The SMILES string of the molecule is N#Cc1ccc2cc(C=Cc3ccc4c(c3)C(C3CCCCC3)=NCC4)cc(Br)c2c1. The number of nitrogens with zero attached hydrogens (tertiary/aromatic N) is 2. The Morgan fingerprint density at radius 2 is 1.77 bits per heavy atom. The van der Waals surface area contributed by atoms with E-state index >= 15 is 0 Å². The molecule has 5 rings (SSSR count). The van der Waals surface area contributed by atoms with E-state index in [1.54, 1.807) is 0 Å². The van der Waals surface area contributed by atoms with E-state index in [1.807, 2.05) is 18.2 Å². The maximum atomic E-state index is 9.15. The summed E-state index contributed by atoms with van der Waals surface area (Å²) in [7, 11) is 0. The Bertz CT molecular complexity index is 1240. The van der Waals surface area contributed by atoms with Crippen LogP contribution in [0.1, 0.15) is 59.9 Å². The molecule has 0 aromatic heterocycles. The van der Waals surface area contributed by atoms with Gasteiger partial charge in [0.25, 0.3) is 0 Å². The molecule has 154 valence electrons. The average molecular weight is 469 g/mol. The van der Waals surface area contributed by atoms with E-state index in [0.717, 1.165) is 33.8 Å². The molecule has 1 heterocycles. The molecule has 0 N–H and O–H groups in total. The van der Waals surface area contributed by atoms with Crippen LogP contribution in [-0.4, -0.2) is 12.3 Å². The third kappa shape index (κ3) is 4.23. The number of rotatable bonds is 3. The molecule has 1 fully saturated rings. The summed E-state index contributed by atoms with van der Waals surface area (Å²) in [5.74, 6) is 0.641. The van der Waals surface area contributed by atoms with Gasteiger partial charge < -0.3 is 0 Å². The summed E-state index contributed by atoms with van der Waals surface area (Å²) in [6.45, 7) is 0.937. The van der Waals surface area contributed by atoms with Crippen molar-refractivity contribution in [2.75, 3.05) is 6.54 Å². The molecule has 1 saturated carbocycles. The van der Waals surface area contributed by atoms with Crippen molar-refractivity contribution in [3.63, 3.8) is 0 Å². The fourth-order valence-corrected chi connectivity index (χ4v) is 5.56. The highest BCUT2D eigenvalue weighted by Crippen LogP contribution is 2.32. The fourth-order valence-electron chi connectivity index (χ4n) is 4.95. The Labute approximate surface area is 192 Å². The van der Waals surface area contributed by atoms with Gasteiger partial charge in [0.05, 0.1) is 11.6 Å². The van der Waals surface area contributed by atoms with Crippen molar-refractivity contribution in [2.24, 2.45) is 10.9 Å². The molecule has 2 aliphatic rings. The van der Waals surface area contributed by atoms with Crippen molar-refractivity contribution in [1.29, 1.82) is 5.26 Å². The van der Waals surface area contributed by atoms with Crippen LogP contribution in [0.25, 0.3) is 22.9 Å². The van der Waals surface area contributed by atoms with Gasteiger partial charge in [-0.2, -0.15) is 5.26 Å². The lowest BCUT2D eigenvalue weighted by molar-refractivity contribution is 0.438. The number of aliphatic imine (C=N–C) groups is 1. The molecule has 1 aliphatic heterocycles. The van der Waals surface area contributed by atoms with Crippen molar-refractivity contribution in [1.82, 2.24) is 0 Å². The predicted molar refractivity (Wildman–Crippen MR) is 133 cm³/mol. The van der Waals surface area contributed by atoms with Crippen LogP contribution in [0.5, 0.6) is 0 Å². The van der Waals surface area contributed by atoms with Gasteiger partial charge in [-0.3, -0.25) is 4.99 Å². The molecule has 31 heavy (non-hydrogen) atoms. The quantitative estimate of drug-likeness (QED) is 0.365. The van der Waals surface area contributed by atoms with E-state index in [1.165, 1.54) is 54.5 Å². The lowest BCUT2D eigenvalue weighted by Gasteiger charge is -2.27. The third-order valence-corrected chi connectivity index (χ3v) is 7.24. The first-order valence-corrected chi connectivity index (χ1v) is 12.0. The minimum absolute atomic E-state index is 0.641. The highest BCUT2D eigenvalue weighted by molar-refractivity contribution is 9.10. The zero-order valence-electron chi connectivity index (χ0n) is 17.6. The Morgan fingerprint density at radius 3 is 2.61 bits per heavy atom. The van der Waals surface area contributed by atoms with Crippen LogP contribution in [-0.2, 0) is 6.42 Å². The van der Waals surface area contributed by atoms with Crippen LogP contribution in [0.3, 0.4) is 0 Å². The van der Waals surface area contributed by atoms with Crippen molar-refractivity contribution >= 4 is 44.6 Å². The van der Waals surface area contributed by atoms with Crippen molar-refractivity contribution < 1.29 is 0 Å². The number of nitriles is 1. The summed E-state index contributed by atoms with van der Waals surface area (Å²) in [5, 5.41) is 11.4. The maximum Gasteiger partial charge on any atom is 0.0991 e. The summed E-state index contributed by atoms with van der Waals surface area (Å²) in [4.78, 5) is 4.98. The predicted octanol–water partition coefficient (Wildman–Crippen LogP) is 7.57. The molecule has 0 atom stereocenters. The molecule has 3 aromatic rings. The highest BCUT2D eigenvalue weighted by atomic mass is 79.9. The topological polar surface area (TPSA) is 36.1 Å². The number of halogens is 1. The lowest BCUT2D eigenvalue weighted by Crippen LogP contribution is -2.23. The van der Waals surface area contributed by atoms with E-state index in [2.05, 4.69) is 64.5 Å². The fraction of sp³-hybridized carbons (Fsp3) is 0.286. The molecule has 0 unspecified atom stereocenters. The molecule has 0 bridgehead atoms. The molecule has 0 radical (unpaired) electrons. The molecule has 0 saturated heterocycles. The van der Waals surface area contributed by atoms with Gasteiger partial charge in [0.2, 0.25) is 0 Å². The van der Waals surface area contributed by atoms with Crippen molar-refractivity contribution in [3.05, 3.63) is 80.8 Å². The van der Waals surface area contributed by atoms with Crippen LogP contribution < -0.4 is 0 Å². The van der Waals surface area contributed by atoms with Gasteiger partial charge in [0.15, 0.2) is 0 Å². The van der Waals surface area contributed by atoms with Crippen LogP contribution in [0.4, 0.5) is 0 Å². The van der Waals surface area contributed by atoms with Gasteiger partial charge in [-0.15, -0.1) is 0 Å². The van der Waals surface area contributed by atoms with Gasteiger partial charge in [-0.05, 0) is 82.6 Å². The second kappa shape index (κ2) is 8.81. The first-order valence-electron chi connectivity index (χ1n) is 11.2. The lowest BCUT2D eigenvalue weighted by atomic mass is 9.80. The first-order chi connectivity index (χ1) is 15.2. The first kappa shape index (κ1) is 20.2. The summed E-state index contributed by atoms with van der Waals surface area (Å²) in [5.41, 5.74) is 7.24. The summed E-state index contributed by atoms with van der Waals surface area (Å²) in [6, 6.07) is 19.2. The smallest absolute Gasteiger partial charge is 0.0991 e. The molecule has 1 aliphatic carbocycles. The molecule has 3 aromatic carbocycles. The Morgan fingerprint density at radius 1 is 0.935 bits per heavy atom. The van der Waals surface area contributed by atoms with Crippen LogP contribution >= 0.6 is 15.9 Å². The van der Waals surface area contributed by atoms with Gasteiger partial charge in [0, 0.05) is 22.6 Å². The highest BCUT2D eigenvalue weighted by Gasteiger charge is 2.24. The zero-order valence-corrected chi connectivity index (χ0v) is 19.2. The van der Waals surface area contributed by atoms with Crippen molar-refractivity contribution in [3.8, 4) is 6.07 Å². The molecular formula is C28H25BrN2. The summed E-state index contributed by atoms with van der Waals surface area (Å²) >= 11 is 3.68. The zero-order chi connectivity index (χ0) is 21.2. The maximum absolute atomic E-state index is 9.15. The molecule has 3 heteroatoms. The van der Waals surface area contributed by atoms with Crippen LogP contribution in [0, 0.1) is 17.2 Å². The Balaban J connectivity index is 1.44. The average Bonchev–Trinajstić information content (AvgIpc) is 2.82. The molecular weight excluding hydrogens is 444 g/mol. The Hall–Kier alpha value is -2.70. The van der Waals surface area contributed by atoms with E-state index < -0.39 is 0 Å². The van der Waals surface area contributed by atoms with E-state index in [-0.39, 0.29) is 0 Å². The van der Waals surface area contributed by atoms with Gasteiger partial charge in [0.1, 0.15) is 0 Å². The number of benzene rings is 3. The summed E-state index contributed by atoms with van der Waals surface area (Å²) in [6.07, 6.45) is 12.1. The monoisotopic (exact) mass is 468 g/mol.